The van der Waals surface area contributed by atoms with Gasteiger partial charge in [-0.05, 0) is 25.5 Å². The van der Waals surface area contributed by atoms with Crippen molar-refractivity contribution in [1.82, 2.24) is 4.90 Å². The van der Waals surface area contributed by atoms with Crippen molar-refractivity contribution in [2.75, 3.05) is 31.3 Å². The highest BCUT2D eigenvalue weighted by Crippen LogP contribution is 2.19. The standard InChI is InChI=1S/C16H21NO4S/c1-3-20-16(19)13-11-22-9-8-17(13)15(18)10-21-14-7-5-4-6-12(14)2/h4-7,13H,3,8-11H2,1-2H3/t13-/m1/s1. The van der Waals surface area contributed by atoms with Gasteiger partial charge in [0.2, 0.25) is 0 Å². The second-order valence-corrected chi connectivity index (χ2v) is 6.13. The van der Waals surface area contributed by atoms with Gasteiger partial charge in [-0.15, -0.1) is 0 Å². The van der Waals surface area contributed by atoms with Crippen molar-refractivity contribution in [1.29, 1.82) is 0 Å². The predicted octanol–water partition coefficient (Wildman–Crippen LogP) is 1.88. The van der Waals surface area contributed by atoms with Crippen LogP contribution in [0, 0.1) is 6.92 Å². The van der Waals surface area contributed by atoms with Crippen molar-refractivity contribution in [3.63, 3.8) is 0 Å². The molecule has 120 valence electrons. The number of benzene rings is 1. The van der Waals surface area contributed by atoms with Crippen LogP contribution in [0.15, 0.2) is 24.3 Å². The summed E-state index contributed by atoms with van der Waals surface area (Å²) in [4.78, 5) is 25.9. The van der Waals surface area contributed by atoms with Crippen LogP contribution in [0.3, 0.4) is 0 Å². The predicted molar refractivity (Wildman–Crippen MR) is 86.1 cm³/mol. The lowest BCUT2D eigenvalue weighted by Gasteiger charge is -2.33. The molecule has 1 aliphatic heterocycles. The number of nitrogens with zero attached hydrogens (tertiary/aromatic N) is 1. The summed E-state index contributed by atoms with van der Waals surface area (Å²) in [6, 6.07) is 7.04. The van der Waals surface area contributed by atoms with Crippen LogP contribution in [0.5, 0.6) is 5.75 Å². The number of carbonyl (C=O) groups is 2. The molecule has 6 heteroatoms. The summed E-state index contributed by atoms with van der Waals surface area (Å²) in [5.74, 6) is 1.58. The number of esters is 1. The number of amides is 1. The SMILES string of the molecule is CCOC(=O)[C@H]1CSCCN1C(=O)COc1ccccc1C. The largest absolute Gasteiger partial charge is 0.484 e. The zero-order valence-corrected chi connectivity index (χ0v) is 13.7. The van der Waals surface area contributed by atoms with Gasteiger partial charge in [0, 0.05) is 18.1 Å². The highest BCUT2D eigenvalue weighted by molar-refractivity contribution is 7.99. The van der Waals surface area contributed by atoms with E-state index in [2.05, 4.69) is 0 Å². The third kappa shape index (κ3) is 4.16. The molecule has 1 heterocycles. The molecule has 0 aromatic heterocycles. The lowest BCUT2D eigenvalue weighted by molar-refractivity contribution is -0.154. The molecule has 22 heavy (non-hydrogen) atoms. The van der Waals surface area contributed by atoms with Gasteiger partial charge >= 0.3 is 5.97 Å². The fraction of sp³-hybridized carbons (Fsp3) is 0.500. The summed E-state index contributed by atoms with van der Waals surface area (Å²) >= 11 is 1.66. The van der Waals surface area contributed by atoms with E-state index in [0.717, 1.165) is 11.3 Å². The molecule has 0 bridgehead atoms. The van der Waals surface area contributed by atoms with Crippen LogP contribution in [-0.4, -0.2) is 54.1 Å². The monoisotopic (exact) mass is 323 g/mol. The van der Waals surface area contributed by atoms with E-state index in [1.54, 1.807) is 23.6 Å². The summed E-state index contributed by atoms with van der Waals surface area (Å²) < 4.78 is 10.6. The quantitative estimate of drug-likeness (QED) is 0.775. The van der Waals surface area contributed by atoms with Gasteiger partial charge in [0.1, 0.15) is 11.8 Å². The zero-order valence-electron chi connectivity index (χ0n) is 12.9. The van der Waals surface area contributed by atoms with Gasteiger partial charge in [-0.1, -0.05) is 18.2 Å². The van der Waals surface area contributed by atoms with Gasteiger partial charge in [0.25, 0.3) is 5.91 Å². The van der Waals surface area contributed by atoms with Crippen molar-refractivity contribution in [3.8, 4) is 5.75 Å². The molecule has 2 rings (SSSR count). The van der Waals surface area contributed by atoms with E-state index in [1.807, 2.05) is 31.2 Å². The summed E-state index contributed by atoms with van der Waals surface area (Å²) in [5, 5.41) is 0. The van der Waals surface area contributed by atoms with Crippen molar-refractivity contribution >= 4 is 23.6 Å². The Kier molecular flexibility index (Phi) is 6.12. The number of rotatable bonds is 5. The van der Waals surface area contributed by atoms with Crippen LogP contribution in [0.2, 0.25) is 0 Å². The molecule has 0 aliphatic carbocycles. The Morgan fingerprint density at radius 3 is 2.86 bits per heavy atom. The third-order valence-corrected chi connectivity index (χ3v) is 4.47. The van der Waals surface area contributed by atoms with Gasteiger partial charge in [-0.2, -0.15) is 11.8 Å². The molecule has 1 amide bonds. The topological polar surface area (TPSA) is 55.8 Å². The molecule has 1 saturated heterocycles. The van der Waals surface area contributed by atoms with Crippen LogP contribution in [-0.2, 0) is 14.3 Å². The first-order chi connectivity index (χ1) is 10.6. The molecule has 1 aromatic carbocycles. The van der Waals surface area contributed by atoms with Gasteiger partial charge in [-0.25, -0.2) is 4.79 Å². The Bertz CT molecular complexity index is 535. The fourth-order valence-corrected chi connectivity index (χ4v) is 3.31. The fourth-order valence-electron chi connectivity index (χ4n) is 2.28. The first kappa shape index (κ1) is 16.7. The number of para-hydroxylation sites is 1. The number of thioether (sulfide) groups is 1. The van der Waals surface area contributed by atoms with Crippen molar-refractivity contribution in [3.05, 3.63) is 29.8 Å². The minimum absolute atomic E-state index is 0.0641. The maximum atomic E-state index is 12.4. The Morgan fingerprint density at radius 2 is 2.14 bits per heavy atom. The Hall–Kier alpha value is -1.69. The molecule has 5 nitrogen and oxygen atoms in total. The molecule has 1 atom stereocenters. The smallest absolute Gasteiger partial charge is 0.329 e. The van der Waals surface area contributed by atoms with Gasteiger partial charge < -0.3 is 14.4 Å². The van der Waals surface area contributed by atoms with Crippen molar-refractivity contribution in [2.45, 2.75) is 19.9 Å². The average Bonchev–Trinajstić information content (AvgIpc) is 2.54. The first-order valence-corrected chi connectivity index (χ1v) is 8.51. The molecule has 0 radical (unpaired) electrons. The van der Waals surface area contributed by atoms with Crippen LogP contribution in [0.1, 0.15) is 12.5 Å². The molecule has 0 spiro atoms. The summed E-state index contributed by atoms with van der Waals surface area (Å²) in [6.45, 7) is 4.50. The van der Waals surface area contributed by atoms with Gasteiger partial charge in [0.15, 0.2) is 6.61 Å². The van der Waals surface area contributed by atoms with E-state index < -0.39 is 6.04 Å². The minimum Gasteiger partial charge on any atom is -0.484 e. The molecule has 1 fully saturated rings. The van der Waals surface area contributed by atoms with Crippen LogP contribution < -0.4 is 4.74 Å². The highest BCUT2D eigenvalue weighted by Gasteiger charge is 2.33. The summed E-state index contributed by atoms with van der Waals surface area (Å²) in [5.41, 5.74) is 0.978. The van der Waals surface area contributed by atoms with Crippen molar-refractivity contribution < 1.29 is 19.1 Å². The number of carbonyl (C=O) groups excluding carboxylic acids is 2. The lowest BCUT2D eigenvalue weighted by Crippen LogP contribution is -2.52. The highest BCUT2D eigenvalue weighted by atomic mass is 32.2. The number of hydrogen-bond donors (Lipinski definition) is 0. The molecule has 0 unspecified atom stereocenters. The molecular formula is C16H21NO4S. The van der Waals surface area contributed by atoms with E-state index in [9.17, 15) is 9.59 Å². The summed E-state index contributed by atoms with van der Waals surface area (Å²) in [7, 11) is 0. The molecule has 1 aliphatic rings. The number of ether oxygens (including phenoxy) is 2. The zero-order chi connectivity index (χ0) is 15.9. The van der Waals surface area contributed by atoms with Gasteiger partial charge in [-0.3, -0.25) is 4.79 Å². The average molecular weight is 323 g/mol. The maximum Gasteiger partial charge on any atom is 0.329 e. The maximum absolute atomic E-state index is 12.4. The first-order valence-electron chi connectivity index (χ1n) is 7.35. The number of aryl methyl sites for hydroxylation is 1. The van der Waals surface area contributed by atoms with Gasteiger partial charge in [0.05, 0.1) is 6.61 Å². The third-order valence-electron chi connectivity index (χ3n) is 3.45. The van der Waals surface area contributed by atoms with Crippen LogP contribution in [0.25, 0.3) is 0 Å². The Balaban J connectivity index is 1.97. The lowest BCUT2D eigenvalue weighted by atomic mass is 10.2. The minimum atomic E-state index is -0.508. The van der Waals surface area contributed by atoms with E-state index in [0.29, 0.717) is 24.7 Å². The summed E-state index contributed by atoms with van der Waals surface area (Å²) in [6.07, 6.45) is 0. The molecule has 1 aromatic rings. The van der Waals surface area contributed by atoms with Crippen LogP contribution >= 0.6 is 11.8 Å². The molecule has 0 saturated carbocycles. The van der Waals surface area contributed by atoms with E-state index in [4.69, 9.17) is 9.47 Å². The molecular weight excluding hydrogens is 302 g/mol. The normalized spacial score (nSPS) is 17.9. The van der Waals surface area contributed by atoms with E-state index in [1.165, 1.54) is 0 Å². The number of hydrogen-bond acceptors (Lipinski definition) is 5. The second-order valence-electron chi connectivity index (χ2n) is 4.98. The van der Waals surface area contributed by atoms with Crippen LogP contribution in [0.4, 0.5) is 0 Å². The van der Waals surface area contributed by atoms with E-state index in [-0.39, 0.29) is 18.5 Å². The molecule has 0 N–H and O–H groups in total. The second kappa shape index (κ2) is 8.08. The Labute approximate surface area is 135 Å². The van der Waals surface area contributed by atoms with Crippen molar-refractivity contribution in [2.24, 2.45) is 0 Å². The van der Waals surface area contributed by atoms with E-state index >= 15 is 0 Å². The Morgan fingerprint density at radius 1 is 1.36 bits per heavy atom.